The molecule has 168 valence electrons. The number of hydrogen-bond donors (Lipinski definition) is 0. The summed E-state index contributed by atoms with van der Waals surface area (Å²) in [4.78, 5) is 30.5. The second kappa shape index (κ2) is 11.2. The maximum Gasteiger partial charge on any atom is 0.358 e. The summed E-state index contributed by atoms with van der Waals surface area (Å²) in [5.41, 5.74) is 1.38. The summed E-state index contributed by atoms with van der Waals surface area (Å²) in [5, 5.41) is 2.45. The molecule has 0 spiro atoms. The van der Waals surface area contributed by atoms with Gasteiger partial charge in [0.15, 0.2) is 10.0 Å². The molecule has 3 rings (SSSR count). The van der Waals surface area contributed by atoms with Crippen molar-refractivity contribution in [1.82, 2.24) is 9.88 Å². The van der Waals surface area contributed by atoms with Gasteiger partial charge < -0.3 is 14.4 Å². The number of carbonyl (C=O) groups excluding carboxylic acids is 2. The third-order valence-electron chi connectivity index (χ3n) is 4.89. The Morgan fingerprint density at radius 1 is 1.42 bits per heavy atom. The molecule has 0 radical (unpaired) electrons. The summed E-state index contributed by atoms with van der Waals surface area (Å²) in [6.45, 7) is 6.75. The molecule has 9 heteroatoms. The molecule has 2 heterocycles. The molecule has 1 aromatic heterocycles. The van der Waals surface area contributed by atoms with Crippen molar-refractivity contribution in [3.63, 3.8) is 0 Å². The van der Waals surface area contributed by atoms with Crippen LogP contribution in [-0.4, -0.2) is 52.8 Å². The Labute approximate surface area is 196 Å². The van der Waals surface area contributed by atoms with Gasteiger partial charge in [0.2, 0.25) is 5.91 Å². The lowest BCUT2D eigenvalue weighted by molar-refractivity contribution is -0.129. The number of thioether (sulfide) groups is 1. The molecule has 1 aliphatic heterocycles. The van der Waals surface area contributed by atoms with Gasteiger partial charge in [0, 0.05) is 29.1 Å². The van der Waals surface area contributed by atoms with E-state index >= 15 is 0 Å². The molecule has 0 N–H and O–H groups in total. The molecule has 1 fully saturated rings. The topological polar surface area (TPSA) is 68.7 Å². The zero-order valence-corrected chi connectivity index (χ0v) is 20.3. The molecule has 1 atom stereocenters. The highest BCUT2D eigenvalue weighted by Gasteiger charge is 2.31. The normalized spacial score (nSPS) is 16.2. The number of rotatable bonds is 10. The van der Waals surface area contributed by atoms with Crippen LogP contribution in [0.1, 0.15) is 49.7 Å². The van der Waals surface area contributed by atoms with Crippen LogP contribution in [0.3, 0.4) is 0 Å². The Morgan fingerprint density at radius 3 is 2.97 bits per heavy atom. The lowest BCUT2D eigenvalue weighted by atomic mass is 10.1. The van der Waals surface area contributed by atoms with E-state index < -0.39 is 5.97 Å². The van der Waals surface area contributed by atoms with Crippen LogP contribution in [0.4, 0.5) is 0 Å². The Bertz CT molecular complexity index is 919. The van der Waals surface area contributed by atoms with Crippen LogP contribution in [0.5, 0.6) is 5.75 Å². The number of halogens is 1. The van der Waals surface area contributed by atoms with E-state index in [1.807, 2.05) is 36.9 Å². The predicted molar refractivity (Wildman–Crippen MR) is 124 cm³/mol. The molecule has 1 amide bonds. The lowest BCUT2D eigenvalue weighted by Crippen LogP contribution is -2.38. The number of aryl methyl sites for hydroxylation is 1. The van der Waals surface area contributed by atoms with E-state index in [2.05, 4.69) is 11.9 Å². The number of ether oxygens (including phenoxy) is 2. The third-order valence-corrected chi connectivity index (χ3v) is 7.26. The summed E-state index contributed by atoms with van der Waals surface area (Å²) in [6, 6.07) is 5.73. The number of thiazole rings is 1. The Balaban J connectivity index is 1.49. The van der Waals surface area contributed by atoms with Crippen molar-refractivity contribution in [1.29, 1.82) is 0 Å². The summed E-state index contributed by atoms with van der Waals surface area (Å²) >= 11 is 9.13. The fourth-order valence-corrected chi connectivity index (χ4v) is 5.36. The molecule has 1 aliphatic rings. The zero-order valence-electron chi connectivity index (χ0n) is 17.9. The number of amides is 1. The van der Waals surface area contributed by atoms with Crippen molar-refractivity contribution in [2.75, 3.05) is 18.9 Å². The van der Waals surface area contributed by atoms with E-state index in [-0.39, 0.29) is 18.1 Å². The number of esters is 1. The van der Waals surface area contributed by atoms with Crippen LogP contribution in [0.25, 0.3) is 0 Å². The Morgan fingerprint density at radius 2 is 2.23 bits per heavy atom. The first kappa shape index (κ1) is 23.9. The maximum absolute atomic E-state index is 12.3. The van der Waals surface area contributed by atoms with Gasteiger partial charge in [-0.1, -0.05) is 30.3 Å². The van der Waals surface area contributed by atoms with Crippen LogP contribution in [0.15, 0.2) is 27.9 Å². The fourth-order valence-electron chi connectivity index (χ4n) is 3.30. The number of nitrogens with zero attached hydrogens (tertiary/aromatic N) is 2. The molecule has 2 aromatic rings. The van der Waals surface area contributed by atoms with Gasteiger partial charge >= 0.3 is 5.97 Å². The minimum atomic E-state index is -0.404. The van der Waals surface area contributed by atoms with Crippen molar-refractivity contribution < 1.29 is 19.1 Å². The first-order valence-corrected chi connectivity index (χ1v) is 12.6. The van der Waals surface area contributed by atoms with Crippen LogP contribution in [0, 0.1) is 0 Å². The first-order chi connectivity index (χ1) is 14.9. The van der Waals surface area contributed by atoms with Crippen molar-refractivity contribution in [2.24, 2.45) is 0 Å². The fraction of sp³-hybridized carbons (Fsp3) is 0.500. The zero-order chi connectivity index (χ0) is 22.4. The number of aromatic nitrogens is 1. The second-order valence-corrected chi connectivity index (χ2v) is 10.1. The molecule has 0 unspecified atom stereocenters. The average Bonchev–Trinajstić information content (AvgIpc) is 3.34. The van der Waals surface area contributed by atoms with Gasteiger partial charge in [-0.05, 0) is 50.5 Å². The van der Waals surface area contributed by atoms with E-state index in [1.54, 1.807) is 5.38 Å². The van der Waals surface area contributed by atoms with Crippen molar-refractivity contribution in [3.05, 3.63) is 39.9 Å². The predicted octanol–water partition coefficient (Wildman–Crippen LogP) is 5.09. The monoisotopic (exact) mass is 482 g/mol. The van der Waals surface area contributed by atoms with Crippen LogP contribution in [-0.2, 0) is 16.0 Å². The highest BCUT2D eigenvalue weighted by atomic mass is 35.5. The standard InChI is InChI=1S/C22H27ClN2O4S2/c1-4-15-11-17(6-7-18(15)23)28-12-16-5-8-20(26)25(16)9-10-30-22-24-19(13-31-22)21(27)29-14(2)3/h6-7,11,13-14,16H,4-5,8-10,12H2,1-3H3/t16-/m1/s1. The van der Waals surface area contributed by atoms with Gasteiger partial charge in [-0.15, -0.1) is 11.3 Å². The summed E-state index contributed by atoms with van der Waals surface area (Å²) in [7, 11) is 0. The SMILES string of the molecule is CCc1cc(OC[C@H]2CCC(=O)N2CCSc2nc(C(=O)OC(C)C)cs2)ccc1Cl. The van der Waals surface area contributed by atoms with E-state index in [4.69, 9.17) is 21.1 Å². The van der Waals surface area contributed by atoms with E-state index in [0.717, 1.165) is 33.5 Å². The number of likely N-dealkylation sites (tertiary alicyclic amines) is 1. The van der Waals surface area contributed by atoms with Crippen molar-refractivity contribution >= 4 is 46.6 Å². The van der Waals surface area contributed by atoms with Crippen LogP contribution < -0.4 is 4.74 Å². The lowest BCUT2D eigenvalue weighted by Gasteiger charge is -2.24. The van der Waals surface area contributed by atoms with E-state index in [1.165, 1.54) is 23.1 Å². The first-order valence-electron chi connectivity index (χ1n) is 10.4. The minimum Gasteiger partial charge on any atom is -0.491 e. The summed E-state index contributed by atoms with van der Waals surface area (Å²) in [6.07, 6.45) is 2.00. The van der Waals surface area contributed by atoms with Gasteiger partial charge in [-0.2, -0.15) is 0 Å². The minimum absolute atomic E-state index is 0.0572. The molecule has 0 aliphatic carbocycles. The second-order valence-electron chi connectivity index (χ2n) is 7.50. The molecule has 6 nitrogen and oxygen atoms in total. The number of hydrogen-bond acceptors (Lipinski definition) is 7. The van der Waals surface area contributed by atoms with E-state index in [9.17, 15) is 9.59 Å². The van der Waals surface area contributed by atoms with Gasteiger partial charge in [-0.3, -0.25) is 4.79 Å². The highest BCUT2D eigenvalue weighted by molar-refractivity contribution is 8.01. The molecular formula is C22H27ClN2O4S2. The Hall–Kier alpha value is -1.77. The van der Waals surface area contributed by atoms with Gasteiger partial charge in [0.05, 0.1) is 12.1 Å². The number of benzene rings is 1. The third kappa shape index (κ3) is 6.60. The van der Waals surface area contributed by atoms with Crippen molar-refractivity contribution in [2.45, 2.75) is 56.5 Å². The Kier molecular flexibility index (Phi) is 8.63. The van der Waals surface area contributed by atoms with Crippen molar-refractivity contribution in [3.8, 4) is 5.75 Å². The van der Waals surface area contributed by atoms with E-state index in [0.29, 0.717) is 31.0 Å². The maximum atomic E-state index is 12.3. The summed E-state index contributed by atoms with van der Waals surface area (Å²) in [5.74, 6) is 1.23. The molecule has 0 saturated carbocycles. The highest BCUT2D eigenvalue weighted by Crippen LogP contribution is 2.27. The molecule has 1 saturated heterocycles. The molecule has 31 heavy (non-hydrogen) atoms. The largest absolute Gasteiger partial charge is 0.491 e. The molecule has 0 bridgehead atoms. The van der Waals surface area contributed by atoms with Gasteiger partial charge in [0.1, 0.15) is 12.4 Å². The van der Waals surface area contributed by atoms with Gasteiger partial charge in [0.25, 0.3) is 0 Å². The van der Waals surface area contributed by atoms with Crippen LogP contribution in [0.2, 0.25) is 5.02 Å². The average molecular weight is 483 g/mol. The smallest absolute Gasteiger partial charge is 0.358 e. The molecular weight excluding hydrogens is 456 g/mol. The summed E-state index contributed by atoms with van der Waals surface area (Å²) < 4.78 is 11.9. The molecule has 1 aromatic carbocycles. The van der Waals surface area contributed by atoms with Gasteiger partial charge in [-0.25, -0.2) is 9.78 Å². The van der Waals surface area contributed by atoms with Crippen LogP contribution >= 0.6 is 34.7 Å². The quantitative estimate of drug-likeness (QED) is 0.347. The number of carbonyl (C=O) groups is 2.